The standard InChI is InChI=1S/C22H24ClFN6O/c23-16-4-2-14(11-17(16)24)28-21(26)20-19(6-7-27-22(20)31)29-18-5-3-15(10-13(18)12-25)30-8-1-9-30/h2,4,6-7,11,13,15,18H,1,3,5,8-10H2,(H2,26,28)(H2,27,29,31)/t13-,15+,18+/m1/s1. The van der Waals surface area contributed by atoms with Crippen molar-refractivity contribution >= 4 is 28.8 Å². The predicted octanol–water partition coefficient (Wildman–Crippen LogP) is 3.38. The number of benzene rings is 1. The van der Waals surface area contributed by atoms with E-state index in [1.807, 2.05) is 0 Å². The number of aromatic amines is 1. The van der Waals surface area contributed by atoms with Crippen LogP contribution in [0.25, 0.3) is 0 Å². The number of aliphatic imine (C=N–C) groups is 1. The van der Waals surface area contributed by atoms with E-state index in [4.69, 9.17) is 17.3 Å². The van der Waals surface area contributed by atoms with Crippen molar-refractivity contribution in [3.8, 4) is 6.07 Å². The SMILES string of the molecule is N#C[C@H]1C[C@@H](N2CCC2)CC[C@@H]1Nc1cc[nH]c(=O)c1C(N)=Nc1ccc(Cl)c(F)c1. The van der Waals surface area contributed by atoms with Crippen LogP contribution < -0.4 is 16.6 Å². The molecule has 1 aliphatic carbocycles. The minimum absolute atomic E-state index is 0.0196. The van der Waals surface area contributed by atoms with Crippen LogP contribution in [0.5, 0.6) is 0 Å². The van der Waals surface area contributed by atoms with Gasteiger partial charge in [-0.25, -0.2) is 9.38 Å². The Morgan fingerprint density at radius 2 is 2.16 bits per heavy atom. The van der Waals surface area contributed by atoms with E-state index in [0.717, 1.165) is 38.4 Å². The minimum atomic E-state index is -0.619. The van der Waals surface area contributed by atoms with E-state index in [-0.39, 0.29) is 34.1 Å². The van der Waals surface area contributed by atoms with E-state index in [9.17, 15) is 14.4 Å². The molecule has 2 fully saturated rings. The predicted molar refractivity (Wildman–Crippen MR) is 119 cm³/mol. The van der Waals surface area contributed by atoms with Crippen molar-refractivity contribution in [3.05, 3.63) is 57.2 Å². The van der Waals surface area contributed by atoms with Crippen LogP contribution in [0.3, 0.4) is 0 Å². The normalized spacial score (nSPS) is 24.3. The number of hydrogen-bond acceptors (Lipinski definition) is 5. The van der Waals surface area contributed by atoms with Crippen molar-refractivity contribution < 1.29 is 4.39 Å². The van der Waals surface area contributed by atoms with Gasteiger partial charge in [0.2, 0.25) is 0 Å². The van der Waals surface area contributed by atoms with Gasteiger partial charge in [-0.05, 0) is 57.0 Å². The average molecular weight is 443 g/mol. The highest BCUT2D eigenvalue weighted by atomic mass is 35.5. The molecule has 0 spiro atoms. The number of hydrogen-bond donors (Lipinski definition) is 3. The summed E-state index contributed by atoms with van der Waals surface area (Å²) < 4.78 is 13.7. The molecule has 2 aromatic rings. The van der Waals surface area contributed by atoms with Crippen LogP contribution in [-0.4, -0.2) is 40.9 Å². The summed E-state index contributed by atoms with van der Waals surface area (Å²) in [7, 11) is 0. The summed E-state index contributed by atoms with van der Waals surface area (Å²) in [6.07, 6.45) is 5.38. The number of nitrogens with one attached hydrogen (secondary N) is 2. The Morgan fingerprint density at radius 1 is 1.35 bits per heavy atom. The molecule has 9 heteroatoms. The molecule has 0 bridgehead atoms. The van der Waals surface area contributed by atoms with E-state index in [0.29, 0.717) is 11.7 Å². The first-order valence-electron chi connectivity index (χ1n) is 10.4. The fraction of sp³-hybridized carbons (Fsp3) is 0.409. The van der Waals surface area contributed by atoms with E-state index >= 15 is 0 Å². The first-order chi connectivity index (χ1) is 15.0. The van der Waals surface area contributed by atoms with Crippen molar-refractivity contribution in [2.75, 3.05) is 18.4 Å². The molecule has 3 atom stereocenters. The van der Waals surface area contributed by atoms with Crippen molar-refractivity contribution in [1.29, 1.82) is 5.26 Å². The lowest BCUT2D eigenvalue weighted by atomic mass is 9.80. The van der Waals surface area contributed by atoms with Gasteiger partial charge in [0.25, 0.3) is 5.56 Å². The molecule has 2 heterocycles. The maximum Gasteiger partial charge on any atom is 0.261 e. The zero-order valence-corrected chi connectivity index (χ0v) is 17.7. The molecule has 4 N–H and O–H groups in total. The minimum Gasteiger partial charge on any atom is -0.383 e. The van der Waals surface area contributed by atoms with Crippen LogP contribution in [0.15, 0.2) is 40.2 Å². The number of amidine groups is 1. The highest BCUT2D eigenvalue weighted by Gasteiger charge is 2.35. The number of anilines is 1. The number of rotatable bonds is 5. The molecule has 1 aromatic heterocycles. The van der Waals surface area contributed by atoms with Gasteiger partial charge in [-0.2, -0.15) is 5.26 Å². The second-order valence-corrected chi connectivity index (χ2v) is 8.44. The lowest BCUT2D eigenvalue weighted by Crippen LogP contribution is -2.50. The van der Waals surface area contributed by atoms with Crippen LogP contribution in [0.4, 0.5) is 15.8 Å². The van der Waals surface area contributed by atoms with Gasteiger partial charge in [0.15, 0.2) is 0 Å². The van der Waals surface area contributed by atoms with Gasteiger partial charge in [-0.1, -0.05) is 11.6 Å². The third-order valence-electron chi connectivity index (χ3n) is 6.11. The second kappa shape index (κ2) is 9.08. The van der Waals surface area contributed by atoms with Crippen LogP contribution in [-0.2, 0) is 0 Å². The smallest absolute Gasteiger partial charge is 0.261 e. The third-order valence-corrected chi connectivity index (χ3v) is 6.41. The summed E-state index contributed by atoms with van der Waals surface area (Å²) in [6.45, 7) is 2.22. The molecule has 0 unspecified atom stereocenters. The highest BCUT2D eigenvalue weighted by molar-refractivity contribution is 6.30. The Balaban J connectivity index is 1.57. The summed E-state index contributed by atoms with van der Waals surface area (Å²) >= 11 is 5.71. The molecular formula is C22H24ClFN6O. The quantitative estimate of drug-likeness (QED) is 0.485. The summed E-state index contributed by atoms with van der Waals surface area (Å²) in [6, 6.07) is 8.54. The molecule has 1 aromatic carbocycles. The number of pyridine rings is 1. The maximum absolute atomic E-state index is 13.7. The van der Waals surface area contributed by atoms with Gasteiger partial charge in [0.05, 0.1) is 28.4 Å². The molecule has 1 aliphatic heterocycles. The number of H-pyrrole nitrogens is 1. The number of nitrogens with two attached hydrogens (primary N) is 1. The van der Waals surface area contributed by atoms with Crippen LogP contribution in [0.2, 0.25) is 5.02 Å². The zero-order chi connectivity index (χ0) is 22.0. The van der Waals surface area contributed by atoms with Gasteiger partial charge in [0.1, 0.15) is 17.2 Å². The van der Waals surface area contributed by atoms with Gasteiger partial charge < -0.3 is 20.9 Å². The van der Waals surface area contributed by atoms with Crippen LogP contribution >= 0.6 is 11.6 Å². The number of nitrogens with zero attached hydrogens (tertiary/aromatic N) is 3. The zero-order valence-electron chi connectivity index (χ0n) is 16.9. The number of halogens is 2. The lowest BCUT2D eigenvalue weighted by Gasteiger charge is -2.43. The molecule has 0 amide bonds. The van der Waals surface area contributed by atoms with E-state index < -0.39 is 11.4 Å². The maximum atomic E-state index is 13.7. The van der Waals surface area contributed by atoms with Crippen LogP contribution in [0.1, 0.15) is 31.2 Å². The lowest BCUT2D eigenvalue weighted by molar-refractivity contribution is 0.0788. The van der Waals surface area contributed by atoms with Crippen molar-refractivity contribution in [1.82, 2.24) is 9.88 Å². The molecule has 31 heavy (non-hydrogen) atoms. The topological polar surface area (TPSA) is 110 Å². The molecule has 7 nitrogen and oxygen atoms in total. The Bertz CT molecular complexity index is 1090. The van der Waals surface area contributed by atoms with Gasteiger partial charge in [-0.15, -0.1) is 0 Å². The van der Waals surface area contributed by atoms with E-state index in [1.165, 1.54) is 24.8 Å². The summed E-state index contributed by atoms with van der Waals surface area (Å²) in [5.74, 6) is -0.837. The molecule has 1 saturated heterocycles. The summed E-state index contributed by atoms with van der Waals surface area (Å²) in [5, 5.41) is 13.1. The fourth-order valence-corrected chi connectivity index (χ4v) is 4.42. The molecule has 2 aliphatic rings. The highest BCUT2D eigenvalue weighted by Crippen LogP contribution is 2.32. The molecule has 1 saturated carbocycles. The average Bonchev–Trinajstić information content (AvgIpc) is 2.70. The van der Waals surface area contributed by atoms with Crippen molar-refractivity contribution in [3.63, 3.8) is 0 Å². The van der Waals surface area contributed by atoms with E-state index in [1.54, 1.807) is 6.07 Å². The first-order valence-corrected chi connectivity index (χ1v) is 10.8. The Kier molecular flexibility index (Phi) is 6.25. The molecular weight excluding hydrogens is 419 g/mol. The molecule has 4 rings (SSSR count). The second-order valence-electron chi connectivity index (χ2n) is 8.03. The number of likely N-dealkylation sites (tertiary alicyclic amines) is 1. The van der Waals surface area contributed by atoms with E-state index in [2.05, 4.69) is 26.3 Å². The van der Waals surface area contributed by atoms with Gasteiger partial charge in [-0.3, -0.25) is 4.79 Å². The Hall–Kier alpha value is -2.89. The largest absolute Gasteiger partial charge is 0.383 e. The van der Waals surface area contributed by atoms with Crippen molar-refractivity contribution in [2.24, 2.45) is 16.6 Å². The Morgan fingerprint density at radius 3 is 2.84 bits per heavy atom. The fourth-order valence-electron chi connectivity index (χ4n) is 4.30. The third kappa shape index (κ3) is 4.58. The van der Waals surface area contributed by atoms with Gasteiger partial charge >= 0.3 is 0 Å². The monoisotopic (exact) mass is 442 g/mol. The summed E-state index contributed by atoms with van der Waals surface area (Å²) in [4.78, 5) is 21.8. The Labute approximate surface area is 184 Å². The summed E-state index contributed by atoms with van der Waals surface area (Å²) in [5.41, 5.74) is 6.65. The number of nitriles is 1. The van der Waals surface area contributed by atoms with Gasteiger partial charge in [0, 0.05) is 24.3 Å². The first kappa shape index (κ1) is 21.3. The van der Waals surface area contributed by atoms with Crippen LogP contribution in [0, 0.1) is 23.1 Å². The molecule has 162 valence electrons. The molecule has 0 radical (unpaired) electrons. The van der Waals surface area contributed by atoms with Crippen molar-refractivity contribution in [2.45, 2.75) is 37.8 Å². The number of aromatic nitrogens is 1.